The van der Waals surface area contributed by atoms with Crippen LogP contribution < -0.4 is 5.43 Å². The van der Waals surface area contributed by atoms with Gasteiger partial charge >= 0.3 is 0 Å². The summed E-state index contributed by atoms with van der Waals surface area (Å²) >= 11 is 0. The van der Waals surface area contributed by atoms with Gasteiger partial charge < -0.3 is 5.11 Å². The summed E-state index contributed by atoms with van der Waals surface area (Å²) in [6.07, 6.45) is 1.10. The van der Waals surface area contributed by atoms with Crippen molar-refractivity contribution in [3.63, 3.8) is 0 Å². The lowest BCUT2D eigenvalue weighted by atomic mass is 10.1. The molecule has 8 nitrogen and oxygen atoms in total. The number of nitro benzene ring substituents is 1. The number of phenols is 1. The van der Waals surface area contributed by atoms with E-state index in [0.29, 0.717) is 11.1 Å². The molecule has 2 aromatic carbocycles. The topological polar surface area (TPSA) is 129 Å². The van der Waals surface area contributed by atoms with Crippen LogP contribution in [0.25, 0.3) is 0 Å². The van der Waals surface area contributed by atoms with Gasteiger partial charge in [-0.05, 0) is 30.3 Å². The van der Waals surface area contributed by atoms with Crippen molar-refractivity contribution >= 4 is 17.8 Å². The molecule has 2 N–H and O–H groups in total. The zero-order valence-electron chi connectivity index (χ0n) is 11.6. The van der Waals surface area contributed by atoms with Crippen molar-refractivity contribution in [3.8, 4) is 11.8 Å². The van der Waals surface area contributed by atoms with Gasteiger partial charge in [0.15, 0.2) is 0 Å². The molecule has 0 bridgehead atoms. The lowest BCUT2D eigenvalue weighted by molar-refractivity contribution is -0.384. The van der Waals surface area contributed by atoms with E-state index < -0.39 is 10.8 Å². The summed E-state index contributed by atoms with van der Waals surface area (Å²) in [6.45, 7) is 0. The van der Waals surface area contributed by atoms with E-state index in [0.717, 1.165) is 18.3 Å². The van der Waals surface area contributed by atoms with E-state index in [1.165, 1.54) is 30.3 Å². The fraction of sp³-hybridized carbons (Fsp3) is 0. The van der Waals surface area contributed by atoms with Crippen LogP contribution in [0.15, 0.2) is 47.6 Å². The van der Waals surface area contributed by atoms with Crippen molar-refractivity contribution in [2.24, 2.45) is 5.10 Å². The predicted molar refractivity (Wildman–Crippen MR) is 81.0 cm³/mol. The highest BCUT2D eigenvalue weighted by Crippen LogP contribution is 2.21. The minimum Gasteiger partial charge on any atom is -0.507 e. The third-order valence-electron chi connectivity index (χ3n) is 2.87. The molecule has 114 valence electrons. The summed E-state index contributed by atoms with van der Waals surface area (Å²) in [7, 11) is 0. The first-order valence-electron chi connectivity index (χ1n) is 6.32. The van der Waals surface area contributed by atoms with E-state index in [1.54, 1.807) is 0 Å². The molecule has 0 unspecified atom stereocenters. The maximum absolute atomic E-state index is 11.8. The monoisotopic (exact) mass is 310 g/mol. The Balaban J connectivity index is 2.09. The Kier molecular flexibility index (Phi) is 4.64. The molecule has 1 amide bonds. The molecule has 0 spiro atoms. The van der Waals surface area contributed by atoms with Crippen molar-refractivity contribution < 1.29 is 14.8 Å². The quantitative estimate of drug-likeness (QED) is 0.506. The Bertz CT molecular complexity index is 822. The third-order valence-corrected chi connectivity index (χ3v) is 2.87. The molecule has 0 radical (unpaired) electrons. The Morgan fingerprint density at radius 1 is 1.30 bits per heavy atom. The second kappa shape index (κ2) is 6.82. The number of hydrogen-bond acceptors (Lipinski definition) is 6. The molecular weight excluding hydrogens is 300 g/mol. The smallest absolute Gasteiger partial charge is 0.271 e. The van der Waals surface area contributed by atoms with E-state index in [1.807, 2.05) is 6.07 Å². The first kappa shape index (κ1) is 15.7. The van der Waals surface area contributed by atoms with Crippen molar-refractivity contribution in [2.45, 2.75) is 0 Å². The van der Waals surface area contributed by atoms with E-state index >= 15 is 0 Å². The molecule has 0 aliphatic carbocycles. The molecule has 0 saturated heterocycles. The number of nitriles is 1. The number of non-ortho nitro benzene ring substituents is 1. The van der Waals surface area contributed by atoms with Crippen LogP contribution in [0.5, 0.6) is 5.75 Å². The Hall–Kier alpha value is -3.73. The highest BCUT2D eigenvalue weighted by atomic mass is 16.6. The normalized spacial score (nSPS) is 10.2. The van der Waals surface area contributed by atoms with Gasteiger partial charge in [0.1, 0.15) is 5.75 Å². The number of rotatable bonds is 4. The van der Waals surface area contributed by atoms with Gasteiger partial charge in [-0.15, -0.1) is 0 Å². The van der Waals surface area contributed by atoms with Crippen molar-refractivity contribution in [2.75, 3.05) is 0 Å². The van der Waals surface area contributed by atoms with Crippen molar-refractivity contribution in [1.29, 1.82) is 5.26 Å². The fourth-order valence-electron chi connectivity index (χ4n) is 1.68. The minimum absolute atomic E-state index is 0.0966. The summed E-state index contributed by atoms with van der Waals surface area (Å²) in [5, 5.41) is 32.6. The van der Waals surface area contributed by atoms with Crippen LogP contribution in [-0.4, -0.2) is 22.2 Å². The van der Waals surface area contributed by atoms with Gasteiger partial charge in [-0.1, -0.05) is 0 Å². The molecule has 0 aliphatic rings. The summed E-state index contributed by atoms with van der Waals surface area (Å²) in [6, 6.07) is 11.3. The number of carbonyl (C=O) groups excluding carboxylic acids is 1. The summed E-state index contributed by atoms with van der Waals surface area (Å²) in [5.41, 5.74) is 2.84. The third kappa shape index (κ3) is 3.89. The highest BCUT2D eigenvalue weighted by molar-refractivity contribution is 5.95. The molecule has 0 atom stereocenters. The number of phenolic OH excluding ortho intramolecular Hbond substituents is 1. The van der Waals surface area contributed by atoms with Gasteiger partial charge in [0, 0.05) is 23.3 Å². The highest BCUT2D eigenvalue weighted by Gasteiger charge is 2.09. The van der Waals surface area contributed by atoms with Gasteiger partial charge in [0.25, 0.3) is 11.6 Å². The van der Waals surface area contributed by atoms with Gasteiger partial charge in [-0.25, -0.2) is 5.43 Å². The molecule has 2 rings (SSSR count). The van der Waals surface area contributed by atoms with Crippen LogP contribution in [0, 0.1) is 21.4 Å². The molecular formula is C15H10N4O4. The zero-order chi connectivity index (χ0) is 16.8. The summed E-state index contributed by atoms with van der Waals surface area (Å²) in [5.74, 6) is -0.720. The summed E-state index contributed by atoms with van der Waals surface area (Å²) in [4.78, 5) is 21.9. The molecule has 23 heavy (non-hydrogen) atoms. The number of nitro groups is 1. The zero-order valence-corrected chi connectivity index (χ0v) is 11.6. The number of nitrogens with one attached hydrogen (secondary N) is 1. The van der Waals surface area contributed by atoms with E-state index in [4.69, 9.17) is 5.26 Å². The fourth-order valence-corrected chi connectivity index (χ4v) is 1.68. The number of hydrogen-bond donors (Lipinski definition) is 2. The largest absolute Gasteiger partial charge is 0.507 e. The number of amides is 1. The predicted octanol–water partition coefficient (Wildman–Crippen LogP) is 1.94. The number of hydrazone groups is 1. The van der Waals surface area contributed by atoms with Crippen LogP contribution in [-0.2, 0) is 0 Å². The number of benzene rings is 2. The number of aromatic hydroxyl groups is 1. The number of carbonyl (C=O) groups is 1. The van der Waals surface area contributed by atoms with E-state index in [-0.39, 0.29) is 17.0 Å². The molecule has 0 saturated carbocycles. The van der Waals surface area contributed by atoms with Crippen LogP contribution in [0.2, 0.25) is 0 Å². The first-order valence-corrected chi connectivity index (χ1v) is 6.32. The molecule has 0 aliphatic heterocycles. The average Bonchev–Trinajstić information content (AvgIpc) is 2.56. The molecule has 0 aromatic heterocycles. The van der Waals surface area contributed by atoms with Gasteiger partial charge in [-0.2, -0.15) is 10.4 Å². The van der Waals surface area contributed by atoms with E-state index in [2.05, 4.69) is 10.5 Å². The van der Waals surface area contributed by atoms with Crippen molar-refractivity contribution in [1.82, 2.24) is 5.43 Å². The second-order valence-corrected chi connectivity index (χ2v) is 4.39. The first-order chi connectivity index (χ1) is 11.0. The van der Waals surface area contributed by atoms with Gasteiger partial charge in [-0.3, -0.25) is 14.9 Å². The molecule has 0 fully saturated rings. The summed E-state index contributed by atoms with van der Waals surface area (Å²) < 4.78 is 0. The Labute approximate surface area is 130 Å². The average molecular weight is 310 g/mol. The standard InChI is InChI=1S/C15H10N4O4/c16-8-10-1-3-11(4-2-10)15(21)18-17-9-12-7-13(19(22)23)5-6-14(12)20/h1-7,9,20H,(H,18,21)/b17-9-. The van der Waals surface area contributed by atoms with Crippen LogP contribution in [0.1, 0.15) is 21.5 Å². The Morgan fingerprint density at radius 2 is 2.00 bits per heavy atom. The van der Waals surface area contributed by atoms with E-state index in [9.17, 15) is 20.0 Å². The lowest BCUT2D eigenvalue weighted by Crippen LogP contribution is -2.17. The molecule has 0 heterocycles. The SMILES string of the molecule is N#Cc1ccc(C(=O)N/N=C\c2cc([N+](=O)[O-])ccc2O)cc1. The lowest BCUT2D eigenvalue weighted by Gasteiger charge is -2.01. The van der Waals surface area contributed by atoms with Crippen LogP contribution >= 0.6 is 0 Å². The van der Waals surface area contributed by atoms with Crippen molar-refractivity contribution in [3.05, 3.63) is 69.3 Å². The maximum Gasteiger partial charge on any atom is 0.271 e. The van der Waals surface area contributed by atoms with Crippen LogP contribution in [0.4, 0.5) is 5.69 Å². The van der Waals surface area contributed by atoms with Crippen LogP contribution in [0.3, 0.4) is 0 Å². The Morgan fingerprint density at radius 3 is 2.61 bits per heavy atom. The second-order valence-electron chi connectivity index (χ2n) is 4.39. The molecule has 8 heteroatoms. The van der Waals surface area contributed by atoms with Gasteiger partial charge in [0.2, 0.25) is 0 Å². The van der Waals surface area contributed by atoms with Gasteiger partial charge in [0.05, 0.1) is 22.8 Å². The molecule has 2 aromatic rings. The minimum atomic E-state index is -0.605. The number of nitrogens with zero attached hydrogens (tertiary/aromatic N) is 3. The maximum atomic E-state index is 11.8.